The number of nitrogens with two attached hydrogens (primary N) is 1. The normalized spacial score (nSPS) is 9.81. The van der Waals surface area contributed by atoms with Crippen LogP contribution in [0, 0.1) is 0 Å². The number of carboxylic acid groups (broad SMARTS) is 1. The van der Waals surface area contributed by atoms with Crippen molar-refractivity contribution < 1.29 is 19.4 Å². The van der Waals surface area contributed by atoms with E-state index in [9.17, 15) is 9.59 Å². The number of rotatable bonds is 4. The highest BCUT2D eigenvalue weighted by molar-refractivity contribution is 5.94. The van der Waals surface area contributed by atoms with Crippen LogP contribution < -0.4 is 5.73 Å². The van der Waals surface area contributed by atoms with E-state index in [4.69, 9.17) is 15.6 Å². The SMILES string of the molecule is CC(=O)OCCc1cccc(C(=O)O)c1N. The zero-order valence-corrected chi connectivity index (χ0v) is 8.90. The topological polar surface area (TPSA) is 89.6 Å². The first-order chi connectivity index (χ1) is 7.52. The first kappa shape index (κ1) is 12.0. The summed E-state index contributed by atoms with van der Waals surface area (Å²) in [6.45, 7) is 1.51. The molecule has 3 N–H and O–H groups in total. The minimum absolute atomic E-state index is 0.0697. The van der Waals surface area contributed by atoms with Gasteiger partial charge in [-0.25, -0.2) is 4.79 Å². The lowest BCUT2D eigenvalue weighted by molar-refractivity contribution is -0.140. The molecule has 16 heavy (non-hydrogen) atoms. The van der Waals surface area contributed by atoms with E-state index in [2.05, 4.69) is 0 Å². The number of carbonyl (C=O) groups excluding carboxylic acids is 1. The third kappa shape index (κ3) is 2.98. The molecule has 0 aromatic heterocycles. The monoisotopic (exact) mass is 223 g/mol. The molecule has 0 spiro atoms. The van der Waals surface area contributed by atoms with Crippen molar-refractivity contribution in [1.82, 2.24) is 0 Å². The van der Waals surface area contributed by atoms with E-state index in [1.807, 2.05) is 0 Å². The van der Waals surface area contributed by atoms with Crippen LogP contribution in [0.1, 0.15) is 22.8 Å². The van der Waals surface area contributed by atoms with Crippen LogP contribution in [0.5, 0.6) is 0 Å². The van der Waals surface area contributed by atoms with E-state index in [1.165, 1.54) is 13.0 Å². The maximum atomic E-state index is 10.8. The van der Waals surface area contributed by atoms with E-state index >= 15 is 0 Å². The Balaban J connectivity index is 2.77. The maximum Gasteiger partial charge on any atom is 0.337 e. The van der Waals surface area contributed by atoms with Crippen molar-refractivity contribution in [2.45, 2.75) is 13.3 Å². The number of ether oxygens (including phenoxy) is 1. The van der Waals surface area contributed by atoms with Crippen molar-refractivity contribution in [3.8, 4) is 0 Å². The maximum absolute atomic E-state index is 10.8. The van der Waals surface area contributed by atoms with Gasteiger partial charge >= 0.3 is 11.9 Å². The predicted octanol–water partition coefficient (Wildman–Crippen LogP) is 1.07. The summed E-state index contributed by atoms with van der Waals surface area (Å²) in [6.07, 6.45) is 0.409. The van der Waals surface area contributed by atoms with Crippen molar-refractivity contribution >= 4 is 17.6 Å². The molecule has 0 aliphatic carbocycles. The molecule has 1 aromatic rings. The summed E-state index contributed by atoms with van der Waals surface area (Å²) >= 11 is 0. The number of benzene rings is 1. The summed E-state index contributed by atoms with van der Waals surface area (Å²) in [5.41, 5.74) is 6.64. The molecular formula is C11H13NO4. The number of nitrogen functional groups attached to an aromatic ring is 1. The lowest BCUT2D eigenvalue weighted by Gasteiger charge is -2.08. The Hall–Kier alpha value is -2.04. The van der Waals surface area contributed by atoms with E-state index in [1.54, 1.807) is 12.1 Å². The Kier molecular flexibility index (Phi) is 3.88. The highest BCUT2D eigenvalue weighted by atomic mass is 16.5. The second-order valence-electron chi connectivity index (χ2n) is 3.27. The van der Waals surface area contributed by atoms with Crippen LogP contribution >= 0.6 is 0 Å². The number of esters is 1. The van der Waals surface area contributed by atoms with Gasteiger partial charge in [-0.05, 0) is 11.6 Å². The molecule has 0 fully saturated rings. The molecule has 0 saturated carbocycles. The van der Waals surface area contributed by atoms with Crippen LogP contribution in [0.3, 0.4) is 0 Å². The van der Waals surface area contributed by atoms with Gasteiger partial charge in [-0.1, -0.05) is 12.1 Å². The average molecular weight is 223 g/mol. The van der Waals surface area contributed by atoms with Crippen LogP contribution in [0.25, 0.3) is 0 Å². The summed E-state index contributed by atoms with van der Waals surface area (Å²) < 4.78 is 4.76. The van der Waals surface area contributed by atoms with Gasteiger partial charge in [-0.15, -0.1) is 0 Å². The van der Waals surface area contributed by atoms with E-state index in [0.717, 1.165) is 0 Å². The summed E-state index contributed by atoms with van der Waals surface area (Å²) in [5, 5.41) is 8.84. The zero-order chi connectivity index (χ0) is 12.1. The fourth-order valence-electron chi connectivity index (χ4n) is 1.32. The smallest absolute Gasteiger partial charge is 0.337 e. The summed E-state index contributed by atoms with van der Waals surface area (Å²) in [5.74, 6) is -1.43. The minimum atomic E-state index is -1.06. The molecule has 5 nitrogen and oxygen atoms in total. The standard InChI is InChI=1S/C11H13NO4/c1-7(13)16-6-5-8-3-2-4-9(10(8)12)11(14)15/h2-4H,5-6,12H2,1H3,(H,14,15). The van der Waals surface area contributed by atoms with Crippen molar-refractivity contribution in [2.75, 3.05) is 12.3 Å². The molecule has 0 atom stereocenters. The molecule has 1 rings (SSSR count). The summed E-state index contributed by atoms with van der Waals surface area (Å²) in [6, 6.07) is 4.77. The van der Waals surface area contributed by atoms with Crippen LogP contribution in [-0.2, 0) is 16.0 Å². The van der Waals surface area contributed by atoms with Crippen molar-refractivity contribution in [2.24, 2.45) is 0 Å². The molecular weight excluding hydrogens is 210 g/mol. The molecule has 1 aromatic carbocycles. The molecule has 0 unspecified atom stereocenters. The first-order valence-electron chi connectivity index (χ1n) is 4.76. The lowest BCUT2D eigenvalue weighted by atomic mass is 10.1. The highest BCUT2D eigenvalue weighted by Gasteiger charge is 2.10. The van der Waals surface area contributed by atoms with Gasteiger partial charge in [-0.3, -0.25) is 4.79 Å². The molecule has 0 saturated heterocycles. The molecule has 0 aliphatic heterocycles. The van der Waals surface area contributed by atoms with Crippen LogP contribution in [0.2, 0.25) is 0 Å². The van der Waals surface area contributed by atoms with Crippen molar-refractivity contribution in [3.63, 3.8) is 0 Å². The summed E-state index contributed by atoms with van der Waals surface area (Å²) in [4.78, 5) is 21.3. The second kappa shape index (κ2) is 5.16. The minimum Gasteiger partial charge on any atom is -0.478 e. The van der Waals surface area contributed by atoms with Crippen molar-refractivity contribution in [3.05, 3.63) is 29.3 Å². The molecule has 0 aliphatic rings. The van der Waals surface area contributed by atoms with Crippen LogP contribution in [0.4, 0.5) is 5.69 Å². The molecule has 86 valence electrons. The summed E-state index contributed by atoms with van der Waals surface area (Å²) in [7, 11) is 0. The second-order valence-corrected chi connectivity index (χ2v) is 3.27. The van der Waals surface area contributed by atoms with Gasteiger partial charge in [0.25, 0.3) is 0 Å². The Bertz CT molecular complexity index is 414. The van der Waals surface area contributed by atoms with Gasteiger partial charge < -0.3 is 15.6 Å². The number of hydrogen-bond acceptors (Lipinski definition) is 4. The highest BCUT2D eigenvalue weighted by Crippen LogP contribution is 2.18. The van der Waals surface area contributed by atoms with Gasteiger partial charge in [-0.2, -0.15) is 0 Å². The predicted molar refractivity (Wildman–Crippen MR) is 58.2 cm³/mol. The molecule has 5 heteroatoms. The number of carbonyl (C=O) groups is 2. The Morgan fingerprint density at radius 3 is 2.69 bits per heavy atom. The largest absolute Gasteiger partial charge is 0.478 e. The van der Waals surface area contributed by atoms with Gasteiger partial charge in [0, 0.05) is 19.0 Å². The van der Waals surface area contributed by atoms with E-state index in [0.29, 0.717) is 12.0 Å². The third-order valence-corrected chi connectivity index (χ3v) is 2.10. The first-order valence-corrected chi connectivity index (χ1v) is 4.76. The van der Waals surface area contributed by atoms with E-state index in [-0.39, 0.29) is 23.8 Å². The Labute approximate surface area is 92.8 Å². The molecule has 0 amide bonds. The lowest BCUT2D eigenvalue weighted by Crippen LogP contribution is -2.08. The number of carboxylic acids is 1. The third-order valence-electron chi connectivity index (χ3n) is 2.10. The average Bonchev–Trinajstić information content (AvgIpc) is 2.19. The van der Waals surface area contributed by atoms with Gasteiger partial charge in [0.05, 0.1) is 12.2 Å². The Morgan fingerprint density at radius 1 is 1.44 bits per heavy atom. The Morgan fingerprint density at radius 2 is 2.12 bits per heavy atom. The van der Waals surface area contributed by atoms with Gasteiger partial charge in [0.2, 0.25) is 0 Å². The molecule has 0 heterocycles. The number of anilines is 1. The number of aromatic carboxylic acids is 1. The number of hydrogen-bond donors (Lipinski definition) is 2. The zero-order valence-electron chi connectivity index (χ0n) is 8.90. The van der Waals surface area contributed by atoms with Gasteiger partial charge in [0.1, 0.15) is 0 Å². The molecule has 0 bridgehead atoms. The van der Waals surface area contributed by atoms with Crippen LogP contribution in [0.15, 0.2) is 18.2 Å². The van der Waals surface area contributed by atoms with Gasteiger partial charge in [0.15, 0.2) is 0 Å². The van der Waals surface area contributed by atoms with Crippen LogP contribution in [-0.4, -0.2) is 23.7 Å². The van der Waals surface area contributed by atoms with Crippen molar-refractivity contribution in [1.29, 1.82) is 0 Å². The quantitative estimate of drug-likeness (QED) is 0.588. The van der Waals surface area contributed by atoms with E-state index < -0.39 is 5.97 Å². The fraction of sp³-hybridized carbons (Fsp3) is 0.273. The molecule has 0 radical (unpaired) electrons. The number of para-hydroxylation sites is 1. The fourth-order valence-corrected chi connectivity index (χ4v) is 1.32.